The highest BCUT2D eigenvalue weighted by Gasteiger charge is 2.38. The molecule has 0 amide bonds. The van der Waals surface area contributed by atoms with E-state index in [0.29, 0.717) is 0 Å². The summed E-state index contributed by atoms with van der Waals surface area (Å²) in [5.41, 5.74) is 5.42. The molecule has 2 fully saturated rings. The summed E-state index contributed by atoms with van der Waals surface area (Å²) in [6, 6.07) is 7.24. The molecule has 2 saturated carbocycles. The number of halogens is 1. The first kappa shape index (κ1) is 34.2. The fraction of sp³-hybridized carbons (Fsp3) is 0.583. The molecular weight excluding hydrogens is 584 g/mol. The van der Waals surface area contributed by atoms with Gasteiger partial charge >= 0.3 is 0 Å². The molecule has 1 aliphatic heterocycles. The number of nitrogens with one attached hydrogen (secondary N) is 2. The number of rotatable bonds is 12. The zero-order valence-electron chi connectivity index (χ0n) is 27.2. The number of para-hydroxylation sites is 1. The third-order valence-electron chi connectivity index (χ3n) is 8.40. The van der Waals surface area contributed by atoms with Crippen molar-refractivity contribution in [3.8, 4) is 5.75 Å². The SMILES string of the molecule is CCCNC(=C1CC1)N1C=CCC(CC2CC2)CC1(C)CC.CNC/C(Br)=C(\C)N=C(C=C(C)C)c1ccccc1O. The lowest BCUT2D eigenvalue weighted by Gasteiger charge is -2.42. The van der Waals surface area contributed by atoms with E-state index in [1.54, 1.807) is 17.7 Å². The summed E-state index contributed by atoms with van der Waals surface area (Å²) in [6.45, 7) is 14.9. The Kier molecular flexibility index (Phi) is 13.4. The summed E-state index contributed by atoms with van der Waals surface area (Å²) in [7, 11) is 1.89. The summed E-state index contributed by atoms with van der Waals surface area (Å²) in [5.74, 6) is 3.61. The largest absolute Gasteiger partial charge is 0.507 e. The van der Waals surface area contributed by atoms with Crippen LogP contribution >= 0.6 is 15.9 Å². The van der Waals surface area contributed by atoms with Gasteiger partial charge in [0.1, 0.15) is 11.6 Å². The van der Waals surface area contributed by atoms with Crippen molar-refractivity contribution in [2.45, 2.75) is 105 Å². The lowest BCUT2D eigenvalue weighted by Crippen LogP contribution is -2.46. The number of hydrogen-bond donors (Lipinski definition) is 3. The Morgan fingerprint density at radius 2 is 1.86 bits per heavy atom. The van der Waals surface area contributed by atoms with Crippen LogP contribution in [-0.4, -0.2) is 41.4 Å². The van der Waals surface area contributed by atoms with Crippen LogP contribution in [0.2, 0.25) is 0 Å². The minimum Gasteiger partial charge on any atom is -0.507 e. The zero-order chi connectivity index (χ0) is 30.7. The Morgan fingerprint density at radius 1 is 1.14 bits per heavy atom. The average molecular weight is 640 g/mol. The number of hydrogen-bond acceptors (Lipinski definition) is 5. The third kappa shape index (κ3) is 10.4. The standard InChI is InChI=1S/C20H34N2.C16H21BrN2O/c1-4-12-21-19(18-10-11-18)22-13-6-7-17(14-16-8-9-16)15-20(22,3)5-2;1-11(2)9-15(13-7-5-6-8-16(13)20)19-12(3)14(17)10-18-4/h6,13,16-17,21H,4-5,7-12,14-15H2,1-3H3;5-9,18,20H,10H2,1-4H3/b;14-12-,19-15?. The second-order valence-corrected chi connectivity index (χ2v) is 13.7. The number of benzene rings is 1. The third-order valence-corrected chi connectivity index (χ3v) is 9.25. The van der Waals surface area contributed by atoms with Crippen LogP contribution in [0.25, 0.3) is 0 Å². The molecule has 1 aromatic rings. The maximum absolute atomic E-state index is 10.00. The van der Waals surface area contributed by atoms with Crippen molar-refractivity contribution in [3.05, 3.63) is 75.3 Å². The van der Waals surface area contributed by atoms with Crippen molar-refractivity contribution in [3.63, 3.8) is 0 Å². The van der Waals surface area contributed by atoms with Crippen LogP contribution in [0, 0.1) is 11.8 Å². The van der Waals surface area contributed by atoms with E-state index in [-0.39, 0.29) is 11.3 Å². The number of aromatic hydroxyl groups is 1. The molecule has 4 rings (SSSR count). The minimum atomic E-state index is 0.237. The van der Waals surface area contributed by atoms with Crippen molar-refractivity contribution >= 4 is 21.6 Å². The van der Waals surface area contributed by atoms with Gasteiger partial charge < -0.3 is 20.6 Å². The summed E-state index contributed by atoms with van der Waals surface area (Å²) in [6.07, 6.45) is 18.9. The number of phenols is 1. The van der Waals surface area contributed by atoms with Gasteiger partial charge in [-0.15, -0.1) is 0 Å². The molecular formula is C36H55BrN4O. The van der Waals surface area contributed by atoms with E-state index < -0.39 is 0 Å². The molecule has 0 radical (unpaired) electrons. The Labute approximate surface area is 264 Å². The Balaban J connectivity index is 0.000000232. The van der Waals surface area contributed by atoms with E-state index in [1.165, 1.54) is 63.6 Å². The molecule has 0 bridgehead atoms. The maximum Gasteiger partial charge on any atom is 0.124 e. The predicted molar refractivity (Wildman–Crippen MR) is 184 cm³/mol. The van der Waals surface area contributed by atoms with Crippen LogP contribution < -0.4 is 10.6 Å². The Hall–Kier alpha value is -2.31. The van der Waals surface area contributed by atoms with Crippen molar-refractivity contribution in [2.24, 2.45) is 16.8 Å². The number of allylic oxidation sites excluding steroid dienone is 5. The highest BCUT2D eigenvalue weighted by molar-refractivity contribution is 9.11. The minimum absolute atomic E-state index is 0.237. The lowest BCUT2D eigenvalue weighted by molar-refractivity contribution is 0.152. The number of phenolic OH excluding ortho intramolecular Hbond substituents is 1. The Morgan fingerprint density at radius 3 is 2.43 bits per heavy atom. The number of nitrogens with zero attached hydrogens (tertiary/aromatic N) is 2. The van der Waals surface area contributed by atoms with Gasteiger partial charge in [-0.25, -0.2) is 0 Å². The summed E-state index contributed by atoms with van der Waals surface area (Å²) in [5, 5.41) is 16.8. The second-order valence-electron chi connectivity index (χ2n) is 12.7. The van der Waals surface area contributed by atoms with E-state index >= 15 is 0 Å². The fourth-order valence-corrected chi connectivity index (χ4v) is 5.96. The molecule has 1 aromatic carbocycles. The van der Waals surface area contributed by atoms with Gasteiger partial charge in [0.25, 0.3) is 0 Å². The van der Waals surface area contributed by atoms with Gasteiger partial charge in [-0.1, -0.05) is 66.4 Å². The Bertz CT molecular complexity index is 1180. The molecule has 0 spiro atoms. The van der Waals surface area contributed by atoms with E-state index in [0.717, 1.165) is 52.0 Å². The van der Waals surface area contributed by atoms with Gasteiger partial charge in [-0.3, -0.25) is 4.99 Å². The summed E-state index contributed by atoms with van der Waals surface area (Å²) < 4.78 is 0.995. The molecule has 2 unspecified atom stereocenters. The first-order valence-corrected chi connectivity index (χ1v) is 16.8. The van der Waals surface area contributed by atoms with E-state index in [2.05, 4.69) is 69.5 Å². The van der Waals surface area contributed by atoms with Gasteiger partial charge in [0.2, 0.25) is 0 Å². The normalized spacial score (nSPS) is 22.5. The van der Waals surface area contributed by atoms with Gasteiger partial charge in [-0.2, -0.15) is 0 Å². The van der Waals surface area contributed by atoms with Crippen molar-refractivity contribution < 1.29 is 5.11 Å². The molecule has 0 saturated heterocycles. The van der Waals surface area contributed by atoms with Crippen LogP contribution in [-0.2, 0) is 0 Å². The molecule has 6 heteroatoms. The highest BCUT2D eigenvalue weighted by atomic mass is 79.9. The van der Waals surface area contributed by atoms with E-state index in [1.807, 2.05) is 46.0 Å². The molecule has 2 aliphatic carbocycles. The molecule has 5 nitrogen and oxygen atoms in total. The van der Waals surface area contributed by atoms with Gasteiger partial charge in [0.15, 0.2) is 0 Å². The molecule has 0 aromatic heterocycles. The van der Waals surface area contributed by atoms with Crippen LogP contribution in [0.4, 0.5) is 0 Å². The summed E-state index contributed by atoms with van der Waals surface area (Å²) in [4.78, 5) is 7.25. The zero-order valence-corrected chi connectivity index (χ0v) is 28.8. The average Bonchev–Trinajstić information content (AvgIpc) is 3.87. The molecule has 3 aliphatic rings. The predicted octanol–water partition coefficient (Wildman–Crippen LogP) is 9.18. The van der Waals surface area contributed by atoms with Gasteiger partial charge in [0, 0.05) is 40.6 Å². The van der Waals surface area contributed by atoms with Crippen LogP contribution in [0.3, 0.4) is 0 Å². The fourth-order valence-electron chi connectivity index (χ4n) is 5.59. The van der Waals surface area contributed by atoms with Crippen LogP contribution in [0.5, 0.6) is 5.75 Å². The van der Waals surface area contributed by atoms with Crippen molar-refractivity contribution in [2.75, 3.05) is 20.1 Å². The maximum atomic E-state index is 10.00. The molecule has 2 atom stereocenters. The highest BCUT2D eigenvalue weighted by Crippen LogP contribution is 2.44. The monoisotopic (exact) mass is 638 g/mol. The van der Waals surface area contributed by atoms with Crippen molar-refractivity contribution in [1.82, 2.24) is 15.5 Å². The smallest absolute Gasteiger partial charge is 0.124 e. The van der Waals surface area contributed by atoms with E-state index in [4.69, 9.17) is 0 Å². The van der Waals surface area contributed by atoms with E-state index in [9.17, 15) is 5.11 Å². The quantitative estimate of drug-likeness (QED) is 0.200. The summed E-state index contributed by atoms with van der Waals surface area (Å²) >= 11 is 3.52. The van der Waals surface area contributed by atoms with Crippen LogP contribution in [0.15, 0.2) is 74.8 Å². The molecule has 1 heterocycles. The molecule has 42 heavy (non-hydrogen) atoms. The number of likely N-dealkylation sites (N-methyl/N-ethyl adjacent to an activating group) is 1. The second kappa shape index (κ2) is 16.5. The molecule has 232 valence electrons. The molecule has 3 N–H and O–H groups in total. The van der Waals surface area contributed by atoms with Crippen LogP contribution in [0.1, 0.15) is 105 Å². The van der Waals surface area contributed by atoms with Gasteiger partial charge in [-0.05, 0) is 115 Å². The number of aliphatic imine (C=N–C) groups is 1. The topological polar surface area (TPSA) is 59.9 Å². The lowest BCUT2D eigenvalue weighted by atomic mass is 9.82. The first-order valence-electron chi connectivity index (χ1n) is 16.1. The first-order chi connectivity index (χ1) is 20.1. The van der Waals surface area contributed by atoms with Crippen molar-refractivity contribution in [1.29, 1.82) is 0 Å². The van der Waals surface area contributed by atoms with Gasteiger partial charge in [0.05, 0.1) is 5.71 Å².